The van der Waals surface area contributed by atoms with Crippen LogP contribution in [0.15, 0.2) is 53.9 Å². The molecule has 0 aliphatic rings. The van der Waals surface area contributed by atoms with Crippen LogP contribution in [0.1, 0.15) is 10.4 Å². The van der Waals surface area contributed by atoms with Gasteiger partial charge in [0.1, 0.15) is 5.82 Å². The van der Waals surface area contributed by atoms with Crippen molar-refractivity contribution >= 4 is 38.1 Å². The third kappa shape index (κ3) is 4.64. The van der Waals surface area contributed by atoms with Crippen LogP contribution in [-0.4, -0.2) is 25.6 Å². The van der Waals surface area contributed by atoms with E-state index in [-0.39, 0.29) is 11.4 Å². The Morgan fingerprint density at radius 1 is 1.15 bits per heavy atom. The van der Waals surface area contributed by atoms with Crippen LogP contribution in [0.2, 0.25) is 0 Å². The fraction of sp³-hybridized carbons (Fsp3) is 0.0588. The lowest BCUT2D eigenvalue weighted by molar-refractivity contribution is 0.102. The first-order chi connectivity index (χ1) is 12.3. The summed E-state index contributed by atoms with van der Waals surface area (Å²) in [4.78, 5) is 16.7. The van der Waals surface area contributed by atoms with Gasteiger partial charge in [-0.15, -0.1) is 11.3 Å². The first-order valence-corrected chi connectivity index (χ1v) is 10.2. The summed E-state index contributed by atoms with van der Waals surface area (Å²) >= 11 is 1.24. The molecule has 0 bridgehead atoms. The number of carbonyl (C=O) groups excluding carboxylic acids is 1. The SMILES string of the molecule is CS(=O)(=O)Nc1cccc(C(=O)Nc2nc(-c3ccc(F)cc3)cs2)c1. The van der Waals surface area contributed by atoms with E-state index in [1.54, 1.807) is 35.7 Å². The Kier molecular flexibility index (Phi) is 5.01. The van der Waals surface area contributed by atoms with Gasteiger partial charge in [-0.25, -0.2) is 17.8 Å². The fourth-order valence-electron chi connectivity index (χ4n) is 2.19. The highest BCUT2D eigenvalue weighted by Crippen LogP contribution is 2.25. The van der Waals surface area contributed by atoms with E-state index in [2.05, 4.69) is 15.0 Å². The lowest BCUT2D eigenvalue weighted by atomic mass is 10.2. The lowest BCUT2D eigenvalue weighted by Gasteiger charge is -2.06. The summed E-state index contributed by atoms with van der Waals surface area (Å²) in [7, 11) is -3.43. The van der Waals surface area contributed by atoms with E-state index in [1.165, 1.54) is 29.5 Å². The molecule has 1 amide bonds. The normalized spacial score (nSPS) is 11.2. The van der Waals surface area contributed by atoms with Gasteiger partial charge >= 0.3 is 0 Å². The topological polar surface area (TPSA) is 88.2 Å². The van der Waals surface area contributed by atoms with Gasteiger partial charge in [0.25, 0.3) is 5.91 Å². The van der Waals surface area contributed by atoms with Crippen molar-refractivity contribution in [2.45, 2.75) is 0 Å². The minimum Gasteiger partial charge on any atom is -0.298 e. The molecule has 0 aliphatic carbocycles. The van der Waals surface area contributed by atoms with E-state index in [1.807, 2.05) is 0 Å². The minimum absolute atomic E-state index is 0.289. The average molecular weight is 391 g/mol. The third-order valence-electron chi connectivity index (χ3n) is 3.29. The molecule has 2 N–H and O–H groups in total. The van der Waals surface area contributed by atoms with Crippen molar-refractivity contribution in [3.8, 4) is 11.3 Å². The van der Waals surface area contributed by atoms with Crippen molar-refractivity contribution in [2.75, 3.05) is 16.3 Å². The van der Waals surface area contributed by atoms with Gasteiger partial charge < -0.3 is 0 Å². The molecule has 0 aliphatic heterocycles. The van der Waals surface area contributed by atoms with Crippen molar-refractivity contribution < 1.29 is 17.6 Å². The van der Waals surface area contributed by atoms with Gasteiger partial charge in [0.15, 0.2) is 5.13 Å². The molecule has 6 nitrogen and oxygen atoms in total. The predicted octanol–water partition coefficient (Wildman–Crippen LogP) is 3.57. The second-order valence-corrected chi connectivity index (χ2v) is 8.06. The number of carbonyl (C=O) groups is 1. The zero-order valence-corrected chi connectivity index (χ0v) is 15.2. The molecule has 0 unspecified atom stereocenters. The highest BCUT2D eigenvalue weighted by atomic mass is 32.2. The van der Waals surface area contributed by atoms with Crippen LogP contribution >= 0.6 is 11.3 Å². The van der Waals surface area contributed by atoms with E-state index >= 15 is 0 Å². The van der Waals surface area contributed by atoms with Crippen molar-refractivity contribution in [3.05, 3.63) is 65.3 Å². The van der Waals surface area contributed by atoms with Gasteiger partial charge in [-0.1, -0.05) is 6.07 Å². The van der Waals surface area contributed by atoms with Crippen LogP contribution in [0.4, 0.5) is 15.2 Å². The summed E-state index contributed by atoms with van der Waals surface area (Å²) in [5.41, 5.74) is 1.95. The first kappa shape index (κ1) is 18.0. The highest BCUT2D eigenvalue weighted by Gasteiger charge is 2.11. The van der Waals surface area contributed by atoms with Gasteiger partial charge in [-0.05, 0) is 42.5 Å². The molecular weight excluding hydrogens is 377 g/mol. The molecule has 134 valence electrons. The smallest absolute Gasteiger partial charge is 0.257 e. The van der Waals surface area contributed by atoms with Gasteiger partial charge in [0.2, 0.25) is 10.0 Å². The van der Waals surface area contributed by atoms with E-state index in [0.717, 1.165) is 11.8 Å². The Labute approximate surface area is 153 Å². The molecule has 0 radical (unpaired) electrons. The Morgan fingerprint density at radius 3 is 2.58 bits per heavy atom. The molecule has 26 heavy (non-hydrogen) atoms. The summed E-state index contributed by atoms with van der Waals surface area (Å²) in [5, 5.41) is 4.81. The van der Waals surface area contributed by atoms with Crippen LogP contribution in [0, 0.1) is 5.82 Å². The molecule has 0 fully saturated rings. The minimum atomic E-state index is -3.43. The van der Waals surface area contributed by atoms with Crippen LogP contribution in [0.25, 0.3) is 11.3 Å². The molecule has 1 aromatic heterocycles. The molecule has 0 saturated heterocycles. The standard InChI is InChI=1S/C17H14FN3O3S2/c1-26(23,24)21-14-4-2-3-12(9-14)16(22)20-17-19-15(10-25-17)11-5-7-13(18)8-6-11/h2-10,21H,1H3,(H,19,20,22). The zero-order valence-electron chi connectivity index (χ0n) is 13.6. The summed E-state index contributed by atoms with van der Waals surface area (Å²) < 4.78 is 37.9. The summed E-state index contributed by atoms with van der Waals surface area (Å²) in [6, 6.07) is 12.0. The van der Waals surface area contributed by atoms with Crippen molar-refractivity contribution in [1.82, 2.24) is 4.98 Å². The number of nitrogens with one attached hydrogen (secondary N) is 2. The number of hydrogen-bond donors (Lipinski definition) is 2. The largest absolute Gasteiger partial charge is 0.298 e. The quantitative estimate of drug-likeness (QED) is 0.696. The van der Waals surface area contributed by atoms with Crippen LogP contribution in [0.5, 0.6) is 0 Å². The lowest BCUT2D eigenvalue weighted by Crippen LogP contribution is -2.13. The third-order valence-corrected chi connectivity index (χ3v) is 4.66. The number of halogens is 1. The number of anilines is 2. The van der Waals surface area contributed by atoms with Gasteiger partial charge in [-0.3, -0.25) is 14.8 Å². The Bertz CT molecular complexity index is 1050. The number of nitrogens with zero attached hydrogens (tertiary/aromatic N) is 1. The average Bonchev–Trinajstić information content (AvgIpc) is 3.02. The molecule has 0 spiro atoms. The summed E-state index contributed by atoms with van der Waals surface area (Å²) in [6.45, 7) is 0. The second kappa shape index (κ2) is 7.22. The second-order valence-electron chi connectivity index (χ2n) is 5.45. The van der Waals surface area contributed by atoms with Crippen LogP contribution < -0.4 is 10.0 Å². The summed E-state index contributed by atoms with van der Waals surface area (Å²) in [6.07, 6.45) is 1.03. The van der Waals surface area contributed by atoms with E-state index in [0.29, 0.717) is 16.5 Å². The maximum atomic E-state index is 13.0. The molecule has 3 rings (SSSR count). The maximum Gasteiger partial charge on any atom is 0.257 e. The fourth-order valence-corrected chi connectivity index (χ4v) is 3.46. The van der Waals surface area contributed by atoms with E-state index in [9.17, 15) is 17.6 Å². The molecule has 2 aromatic carbocycles. The van der Waals surface area contributed by atoms with Gasteiger partial charge in [0, 0.05) is 22.2 Å². The van der Waals surface area contributed by atoms with Crippen LogP contribution in [-0.2, 0) is 10.0 Å². The number of thiazole rings is 1. The Balaban J connectivity index is 1.74. The molecule has 9 heteroatoms. The number of rotatable bonds is 5. The number of hydrogen-bond acceptors (Lipinski definition) is 5. The van der Waals surface area contributed by atoms with E-state index < -0.39 is 15.9 Å². The highest BCUT2D eigenvalue weighted by molar-refractivity contribution is 7.92. The monoisotopic (exact) mass is 391 g/mol. The number of aromatic nitrogens is 1. The van der Waals surface area contributed by atoms with E-state index in [4.69, 9.17) is 0 Å². The van der Waals surface area contributed by atoms with Crippen molar-refractivity contribution in [2.24, 2.45) is 0 Å². The maximum absolute atomic E-state index is 13.0. The number of benzene rings is 2. The number of amides is 1. The molecule has 0 atom stereocenters. The Morgan fingerprint density at radius 2 is 1.88 bits per heavy atom. The zero-order chi connectivity index (χ0) is 18.7. The number of sulfonamides is 1. The van der Waals surface area contributed by atoms with Gasteiger partial charge in [-0.2, -0.15) is 0 Å². The predicted molar refractivity (Wildman–Crippen MR) is 100 cm³/mol. The van der Waals surface area contributed by atoms with Crippen molar-refractivity contribution in [3.63, 3.8) is 0 Å². The molecule has 1 heterocycles. The molecule has 0 saturated carbocycles. The summed E-state index contributed by atoms with van der Waals surface area (Å²) in [5.74, 6) is -0.748. The van der Waals surface area contributed by atoms with Crippen molar-refractivity contribution in [1.29, 1.82) is 0 Å². The first-order valence-electron chi connectivity index (χ1n) is 7.41. The van der Waals surface area contributed by atoms with Crippen LogP contribution in [0.3, 0.4) is 0 Å². The Hall–Kier alpha value is -2.78. The molecular formula is C17H14FN3O3S2. The molecule has 3 aromatic rings. The van der Waals surface area contributed by atoms with Gasteiger partial charge in [0.05, 0.1) is 11.9 Å².